The Morgan fingerprint density at radius 1 is 1.41 bits per heavy atom. The zero-order valence-corrected chi connectivity index (χ0v) is 13.3. The molecule has 1 aromatic rings. The highest BCUT2D eigenvalue weighted by molar-refractivity contribution is 6.32. The average molecular weight is 318 g/mol. The van der Waals surface area contributed by atoms with E-state index in [0.29, 0.717) is 0 Å². The maximum atomic E-state index is 10.8. The van der Waals surface area contributed by atoms with Crippen LogP contribution in [0.4, 0.5) is 0 Å². The largest absolute Gasteiger partial charge is 0.484 e. The summed E-state index contributed by atoms with van der Waals surface area (Å²) in [5.74, 6) is 0.597. The third-order valence-corrected chi connectivity index (χ3v) is 3.07. The number of rotatable bonds is 4. The first-order valence-corrected chi connectivity index (χ1v) is 7.29. The molecule has 0 saturated heterocycles. The molecule has 4 heteroatoms. The summed E-state index contributed by atoms with van der Waals surface area (Å²) >= 11 is 5.75. The number of benzene rings is 1. The van der Waals surface area contributed by atoms with Gasteiger partial charge in [0.15, 0.2) is 6.61 Å². The molecule has 22 heavy (non-hydrogen) atoms. The fourth-order valence-electron chi connectivity index (χ4n) is 1.52. The Kier molecular flexibility index (Phi) is 8.46. The summed E-state index contributed by atoms with van der Waals surface area (Å²) in [5.41, 5.74) is 0.985. The molecule has 2 rings (SSSR count). The Morgan fingerprint density at radius 3 is 2.82 bits per heavy atom. The SMILES string of the molecule is C=Cc1ccccc1Cl.CNC(=O)COC1=CC=CCC=C1. The van der Waals surface area contributed by atoms with Crippen LogP contribution in [0.25, 0.3) is 6.08 Å². The van der Waals surface area contributed by atoms with Crippen LogP contribution in [-0.4, -0.2) is 19.6 Å². The number of hydrogen-bond donors (Lipinski definition) is 1. The smallest absolute Gasteiger partial charge is 0.257 e. The molecule has 3 nitrogen and oxygen atoms in total. The van der Waals surface area contributed by atoms with Gasteiger partial charge in [0.1, 0.15) is 5.76 Å². The number of halogens is 1. The number of carbonyl (C=O) groups is 1. The van der Waals surface area contributed by atoms with Crippen molar-refractivity contribution in [3.63, 3.8) is 0 Å². The minimum Gasteiger partial charge on any atom is -0.484 e. The molecule has 0 fully saturated rings. The minimum absolute atomic E-state index is 0.0700. The van der Waals surface area contributed by atoms with Gasteiger partial charge in [0, 0.05) is 12.1 Å². The van der Waals surface area contributed by atoms with E-state index in [-0.39, 0.29) is 12.5 Å². The van der Waals surface area contributed by atoms with Gasteiger partial charge in [-0.05, 0) is 30.2 Å². The van der Waals surface area contributed by atoms with Crippen molar-refractivity contribution < 1.29 is 9.53 Å². The van der Waals surface area contributed by atoms with Gasteiger partial charge >= 0.3 is 0 Å². The summed E-state index contributed by atoms with van der Waals surface area (Å²) in [6, 6.07) is 7.60. The van der Waals surface area contributed by atoms with Crippen molar-refractivity contribution in [1.29, 1.82) is 0 Å². The molecule has 1 aliphatic carbocycles. The molecular weight excluding hydrogens is 298 g/mol. The van der Waals surface area contributed by atoms with Crippen LogP contribution in [0.5, 0.6) is 0 Å². The average Bonchev–Trinajstić information content (AvgIpc) is 2.82. The van der Waals surface area contributed by atoms with Crippen LogP contribution in [0.3, 0.4) is 0 Å². The van der Waals surface area contributed by atoms with Gasteiger partial charge < -0.3 is 10.1 Å². The fourth-order valence-corrected chi connectivity index (χ4v) is 1.73. The van der Waals surface area contributed by atoms with Crippen LogP contribution in [-0.2, 0) is 9.53 Å². The highest BCUT2D eigenvalue weighted by Crippen LogP contribution is 2.14. The van der Waals surface area contributed by atoms with Crippen LogP contribution >= 0.6 is 11.6 Å². The number of hydrogen-bond acceptors (Lipinski definition) is 2. The predicted molar refractivity (Wildman–Crippen MR) is 92.5 cm³/mol. The van der Waals surface area contributed by atoms with E-state index < -0.39 is 0 Å². The first-order chi connectivity index (χ1) is 10.7. The predicted octanol–water partition coefficient (Wildman–Crippen LogP) is 4.13. The van der Waals surface area contributed by atoms with E-state index in [2.05, 4.69) is 11.9 Å². The van der Waals surface area contributed by atoms with E-state index in [1.54, 1.807) is 13.1 Å². The molecule has 1 N–H and O–H groups in total. The maximum absolute atomic E-state index is 10.8. The number of carbonyl (C=O) groups excluding carboxylic acids is 1. The van der Waals surface area contributed by atoms with Crippen molar-refractivity contribution in [3.05, 3.63) is 77.6 Å². The lowest BCUT2D eigenvalue weighted by Crippen LogP contribution is -2.22. The Labute approximate surface area is 136 Å². The van der Waals surface area contributed by atoms with Gasteiger partial charge in [0.05, 0.1) is 0 Å². The molecule has 0 saturated carbocycles. The Morgan fingerprint density at radius 2 is 2.18 bits per heavy atom. The molecule has 0 aromatic heterocycles. The van der Waals surface area contributed by atoms with Crippen molar-refractivity contribution in [1.82, 2.24) is 5.32 Å². The molecule has 0 radical (unpaired) electrons. The number of likely N-dealkylation sites (N-methyl/N-ethyl adjacent to an activating group) is 1. The Bertz CT molecular complexity index is 589. The second-order valence-electron chi connectivity index (χ2n) is 4.32. The summed E-state index contributed by atoms with van der Waals surface area (Å²) < 4.78 is 5.23. The van der Waals surface area contributed by atoms with Gasteiger partial charge in [-0.2, -0.15) is 0 Å². The van der Waals surface area contributed by atoms with Crippen LogP contribution < -0.4 is 5.32 Å². The van der Waals surface area contributed by atoms with Gasteiger partial charge in [0.2, 0.25) is 0 Å². The van der Waals surface area contributed by atoms with Gasteiger partial charge in [-0.3, -0.25) is 4.79 Å². The van der Waals surface area contributed by atoms with E-state index in [1.807, 2.05) is 54.6 Å². The lowest BCUT2D eigenvalue weighted by Gasteiger charge is -2.04. The topological polar surface area (TPSA) is 38.3 Å². The zero-order valence-electron chi connectivity index (χ0n) is 12.6. The van der Waals surface area contributed by atoms with E-state index in [9.17, 15) is 4.79 Å². The quantitative estimate of drug-likeness (QED) is 0.906. The molecule has 116 valence electrons. The van der Waals surface area contributed by atoms with E-state index in [1.165, 1.54) is 0 Å². The molecule has 1 amide bonds. The number of ether oxygens (including phenoxy) is 1. The first kappa shape index (κ1) is 17.8. The van der Waals surface area contributed by atoms with Crippen molar-refractivity contribution in [2.45, 2.75) is 6.42 Å². The minimum atomic E-state index is -0.123. The second-order valence-corrected chi connectivity index (χ2v) is 4.73. The molecule has 0 bridgehead atoms. The van der Waals surface area contributed by atoms with E-state index in [0.717, 1.165) is 22.8 Å². The van der Waals surface area contributed by atoms with Crippen LogP contribution in [0, 0.1) is 0 Å². The lowest BCUT2D eigenvalue weighted by molar-refractivity contribution is -0.123. The van der Waals surface area contributed by atoms with Crippen molar-refractivity contribution in [2.24, 2.45) is 0 Å². The Balaban J connectivity index is 0.000000235. The molecule has 1 aliphatic rings. The molecule has 0 heterocycles. The molecular formula is C18H20ClNO2. The Hall–Kier alpha value is -2.26. The van der Waals surface area contributed by atoms with Gasteiger partial charge in [0.25, 0.3) is 5.91 Å². The third kappa shape index (κ3) is 6.95. The summed E-state index contributed by atoms with van der Waals surface area (Å²) in [6.07, 6.45) is 12.3. The molecule has 0 aliphatic heterocycles. The fraction of sp³-hybridized carbons (Fsp3) is 0.167. The van der Waals surface area contributed by atoms with Crippen LogP contribution in [0.2, 0.25) is 5.02 Å². The standard InChI is InChI=1S/C10H13NO2.C8H7Cl/c1-11-10(12)8-13-9-6-4-2-3-5-7-9;1-2-7-5-3-4-6-8(7)9/h2,4-7H,3,8H2,1H3,(H,11,12);2-6H,1H2. The lowest BCUT2D eigenvalue weighted by atomic mass is 10.2. The summed E-state index contributed by atoms with van der Waals surface area (Å²) in [7, 11) is 1.59. The summed E-state index contributed by atoms with van der Waals surface area (Å²) in [5, 5.41) is 3.24. The third-order valence-electron chi connectivity index (χ3n) is 2.72. The summed E-state index contributed by atoms with van der Waals surface area (Å²) in [4.78, 5) is 10.8. The van der Waals surface area contributed by atoms with Gasteiger partial charge in [-0.15, -0.1) is 0 Å². The first-order valence-electron chi connectivity index (χ1n) is 6.91. The molecule has 0 unspecified atom stereocenters. The number of amides is 1. The zero-order chi connectivity index (χ0) is 16.2. The second kappa shape index (κ2) is 10.5. The highest BCUT2D eigenvalue weighted by Gasteiger charge is 1.99. The highest BCUT2D eigenvalue weighted by atomic mass is 35.5. The van der Waals surface area contributed by atoms with Crippen LogP contribution in [0.15, 0.2) is 67.0 Å². The van der Waals surface area contributed by atoms with E-state index in [4.69, 9.17) is 16.3 Å². The number of nitrogens with one attached hydrogen (secondary N) is 1. The normalized spacial score (nSPS) is 12.4. The van der Waals surface area contributed by atoms with Crippen LogP contribution in [0.1, 0.15) is 12.0 Å². The molecule has 1 aromatic carbocycles. The molecule has 0 atom stereocenters. The van der Waals surface area contributed by atoms with Crippen molar-refractivity contribution >= 4 is 23.6 Å². The monoisotopic (exact) mass is 317 g/mol. The van der Waals surface area contributed by atoms with Crippen molar-refractivity contribution in [3.8, 4) is 0 Å². The maximum Gasteiger partial charge on any atom is 0.257 e. The van der Waals surface area contributed by atoms with Crippen molar-refractivity contribution in [2.75, 3.05) is 13.7 Å². The van der Waals surface area contributed by atoms with Gasteiger partial charge in [-0.25, -0.2) is 0 Å². The number of allylic oxidation sites excluding steroid dienone is 5. The summed E-state index contributed by atoms with van der Waals surface area (Å²) in [6.45, 7) is 3.68. The van der Waals surface area contributed by atoms with Gasteiger partial charge in [-0.1, -0.05) is 60.7 Å². The van der Waals surface area contributed by atoms with E-state index >= 15 is 0 Å². The molecule has 0 spiro atoms.